The maximum Gasteiger partial charge on any atom is 0.162 e. The molecule has 0 saturated heterocycles. The van der Waals surface area contributed by atoms with Crippen LogP contribution in [0.3, 0.4) is 0 Å². The smallest absolute Gasteiger partial charge is 0.162 e. The van der Waals surface area contributed by atoms with E-state index in [4.69, 9.17) is 9.47 Å². The number of hydrogen-bond donors (Lipinski definition) is 1. The van der Waals surface area contributed by atoms with Crippen molar-refractivity contribution >= 4 is 27.3 Å². The van der Waals surface area contributed by atoms with E-state index in [2.05, 4.69) is 52.6 Å². The van der Waals surface area contributed by atoms with E-state index >= 15 is 0 Å². The molecular formula is C16H20BrNO2S. The van der Waals surface area contributed by atoms with Crippen LogP contribution in [0.25, 0.3) is 0 Å². The molecule has 3 nitrogen and oxygen atoms in total. The number of halogens is 1. The first-order valence-corrected chi connectivity index (χ1v) is 8.51. The Hall–Kier alpha value is -1.04. The summed E-state index contributed by atoms with van der Waals surface area (Å²) in [5.74, 6) is 1.55. The Bertz CT molecular complexity index is 583. The van der Waals surface area contributed by atoms with E-state index < -0.39 is 0 Å². The van der Waals surface area contributed by atoms with Gasteiger partial charge in [-0.1, -0.05) is 19.9 Å². The number of hydrogen-bond acceptors (Lipinski definition) is 4. The third kappa shape index (κ3) is 5.02. The van der Waals surface area contributed by atoms with Crippen LogP contribution in [0.1, 0.15) is 24.3 Å². The van der Waals surface area contributed by atoms with Gasteiger partial charge in [-0.15, -0.1) is 11.3 Å². The summed E-state index contributed by atoms with van der Waals surface area (Å²) in [5, 5.41) is 5.46. The van der Waals surface area contributed by atoms with Crippen LogP contribution in [0.4, 0.5) is 0 Å². The molecule has 21 heavy (non-hydrogen) atoms. The molecule has 0 bridgehead atoms. The minimum absolute atomic E-state index is 0.458. The molecule has 0 amide bonds. The van der Waals surface area contributed by atoms with E-state index in [1.807, 2.05) is 12.1 Å². The third-order valence-electron chi connectivity index (χ3n) is 2.93. The summed E-state index contributed by atoms with van der Waals surface area (Å²) in [5.41, 5.74) is 1.19. The maximum absolute atomic E-state index is 5.91. The zero-order valence-electron chi connectivity index (χ0n) is 12.5. The van der Waals surface area contributed by atoms with Crippen molar-refractivity contribution in [2.75, 3.05) is 7.11 Å². The molecule has 1 aromatic carbocycles. The van der Waals surface area contributed by atoms with Gasteiger partial charge in [-0.3, -0.25) is 0 Å². The molecule has 0 spiro atoms. The summed E-state index contributed by atoms with van der Waals surface area (Å²) in [4.78, 5) is 1.18. The van der Waals surface area contributed by atoms with Gasteiger partial charge in [0.05, 0.1) is 7.11 Å². The van der Waals surface area contributed by atoms with Crippen molar-refractivity contribution in [2.45, 2.75) is 33.0 Å². The average Bonchev–Trinajstić information content (AvgIpc) is 2.88. The lowest BCUT2D eigenvalue weighted by atomic mass is 10.2. The highest BCUT2D eigenvalue weighted by molar-refractivity contribution is 9.10. The highest BCUT2D eigenvalue weighted by atomic mass is 79.9. The van der Waals surface area contributed by atoms with E-state index in [1.165, 1.54) is 10.4 Å². The highest BCUT2D eigenvalue weighted by Crippen LogP contribution is 2.30. The Labute approximate surface area is 138 Å². The van der Waals surface area contributed by atoms with Gasteiger partial charge in [0, 0.05) is 27.3 Å². The molecule has 0 aliphatic carbocycles. The minimum atomic E-state index is 0.458. The monoisotopic (exact) mass is 369 g/mol. The number of rotatable bonds is 7. The number of ether oxygens (including phenoxy) is 2. The lowest BCUT2D eigenvalue weighted by molar-refractivity contribution is 0.287. The molecule has 2 aromatic rings. The molecule has 1 heterocycles. The first-order chi connectivity index (χ1) is 10.1. The van der Waals surface area contributed by atoms with Gasteiger partial charge < -0.3 is 14.8 Å². The van der Waals surface area contributed by atoms with Crippen molar-refractivity contribution in [1.29, 1.82) is 0 Å². The molecule has 1 aromatic heterocycles. The second-order valence-corrected chi connectivity index (χ2v) is 6.95. The van der Waals surface area contributed by atoms with E-state index in [0.717, 1.165) is 22.5 Å². The number of methoxy groups -OCH3 is 1. The molecule has 0 atom stereocenters. The summed E-state index contributed by atoms with van der Waals surface area (Å²) in [6.07, 6.45) is 0. The van der Waals surface area contributed by atoms with Gasteiger partial charge in [-0.25, -0.2) is 0 Å². The Balaban J connectivity index is 2.06. The van der Waals surface area contributed by atoms with Crippen LogP contribution in [-0.4, -0.2) is 13.2 Å². The molecule has 0 fully saturated rings. The van der Waals surface area contributed by atoms with E-state index in [0.29, 0.717) is 12.6 Å². The predicted octanol–water partition coefficient (Wildman–Crippen LogP) is 4.60. The zero-order chi connectivity index (χ0) is 15.2. The fraction of sp³-hybridized carbons (Fsp3) is 0.375. The van der Waals surface area contributed by atoms with Crippen molar-refractivity contribution in [2.24, 2.45) is 0 Å². The van der Waals surface area contributed by atoms with Crippen LogP contribution in [0.2, 0.25) is 0 Å². The molecule has 2 rings (SSSR count). The van der Waals surface area contributed by atoms with Crippen LogP contribution in [0.5, 0.6) is 11.5 Å². The van der Waals surface area contributed by atoms with Gasteiger partial charge in [0.2, 0.25) is 0 Å². The van der Waals surface area contributed by atoms with Crippen LogP contribution in [-0.2, 0) is 13.2 Å². The topological polar surface area (TPSA) is 30.5 Å². The van der Waals surface area contributed by atoms with Crippen LogP contribution < -0.4 is 14.8 Å². The lowest BCUT2D eigenvalue weighted by Gasteiger charge is -2.13. The number of thiophene rings is 1. The van der Waals surface area contributed by atoms with Gasteiger partial charge in [-0.2, -0.15) is 0 Å². The van der Waals surface area contributed by atoms with Crippen molar-refractivity contribution in [3.05, 3.63) is 44.6 Å². The summed E-state index contributed by atoms with van der Waals surface area (Å²) >= 11 is 5.13. The molecular weight excluding hydrogens is 350 g/mol. The van der Waals surface area contributed by atoms with E-state index in [1.54, 1.807) is 18.4 Å². The second kappa shape index (κ2) is 7.82. The van der Waals surface area contributed by atoms with Gasteiger partial charge in [0.1, 0.15) is 6.61 Å². The van der Waals surface area contributed by atoms with Gasteiger partial charge in [0.15, 0.2) is 11.5 Å². The number of nitrogens with one attached hydrogen (secondary N) is 1. The first-order valence-electron chi connectivity index (χ1n) is 6.84. The van der Waals surface area contributed by atoms with E-state index in [-0.39, 0.29) is 0 Å². The molecule has 0 aliphatic heterocycles. The largest absolute Gasteiger partial charge is 0.493 e. The fourth-order valence-corrected chi connectivity index (χ4v) is 3.21. The molecule has 1 N–H and O–H groups in total. The van der Waals surface area contributed by atoms with Gasteiger partial charge in [-0.05, 0) is 39.7 Å². The SMILES string of the molecule is COc1ccc(CNC(C)C)cc1OCc1cc(Br)cs1. The summed E-state index contributed by atoms with van der Waals surface area (Å²) in [6.45, 7) is 5.64. The summed E-state index contributed by atoms with van der Waals surface area (Å²) in [7, 11) is 1.66. The molecule has 114 valence electrons. The Kier molecular flexibility index (Phi) is 6.08. The summed E-state index contributed by atoms with van der Waals surface area (Å²) in [6, 6.07) is 8.58. The average molecular weight is 370 g/mol. The van der Waals surface area contributed by atoms with E-state index in [9.17, 15) is 0 Å². The summed E-state index contributed by atoms with van der Waals surface area (Å²) < 4.78 is 12.4. The second-order valence-electron chi connectivity index (χ2n) is 5.04. The van der Waals surface area contributed by atoms with Gasteiger partial charge >= 0.3 is 0 Å². The third-order valence-corrected chi connectivity index (χ3v) is 4.61. The maximum atomic E-state index is 5.91. The van der Waals surface area contributed by atoms with Crippen molar-refractivity contribution in [1.82, 2.24) is 5.32 Å². The Morgan fingerprint density at radius 1 is 1.24 bits per heavy atom. The normalized spacial score (nSPS) is 10.9. The zero-order valence-corrected chi connectivity index (χ0v) is 14.9. The van der Waals surface area contributed by atoms with Crippen LogP contribution in [0, 0.1) is 0 Å². The molecule has 0 aliphatic rings. The molecule has 0 radical (unpaired) electrons. The Morgan fingerprint density at radius 2 is 2.05 bits per heavy atom. The molecule has 5 heteroatoms. The quantitative estimate of drug-likeness (QED) is 0.773. The van der Waals surface area contributed by atoms with Crippen LogP contribution >= 0.6 is 27.3 Å². The fourth-order valence-electron chi connectivity index (χ4n) is 1.84. The Morgan fingerprint density at radius 3 is 2.67 bits per heavy atom. The predicted molar refractivity (Wildman–Crippen MR) is 91.3 cm³/mol. The first kappa shape index (κ1) is 16.3. The van der Waals surface area contributed by atoms with Crippen LogP contribution in [0.15, 0.2) is 34.1 Å². The highest BCUT2D eigenvalue weighted by Gasteiger charge is 2.07. The van der Waals surface area contributed by atoms with Crippen molar-refractivity contribution in [3.63, 3.8) is 0 Å². The number of benzene rings is 1. The van der Waals surface area contributed by atoms with Crippen molar-refractivity contribution in [3.8, 4) is 11.5 Å². The lowest BCUT2D eigenvalue weighted by Crippen LogP contribution is -2.21. The van der Waals surface area contributed by atoms with Crippen molar-refractivity contribution < 1.29 is 9.47 Å². The molecule has 0 saturated carbocycles. The van der Waals surface area contributed by atoms with Gasteiger partial charge in [0.25, 0.3) is 0 Å². The standard InChI is InChI=1S/C16H20BrNO2S/c1-11(2)18-8-12-4-5-15(19-3)16(6-12)20-9-14-7-13(17)10-21-14/h4-7,10-11,18H,8-9H2,1-3H3. The minimum Gasteiger partial charge on any atom is -0.493 e. The molecule has 0 unspecified atom stereocenters.